The Morgan fingerprint density at radius 3 is 2.56 bits per heavy atom. The number of aromatic hydroxyl groups is 1. The van der Waals surface area contributed by atoms with Gasteiger partial charge in [-0.25, -0.2) is 0 Å². The molecule has 27 heavy (non-hydrogen) atoms. The van der Waals surface area contributed by atoms with Crippen molar-refractivity contribution in [1.82, 2.24) is 4.90 Å². The van der Waals surface area contributed by atoms with E-state index in [4.69, 9.17) is 9.47 Å². The lowest BCUT2D eigenvalue weighted by Gasteiger charge is -2.26. The van der Waals surface area contributed by atoms with Gasteiger partial charge in [0.2, 0.25) is 0 Å². The number of nitrogens with zero attached hydrogens (tertiary/aromatic N) is 2. The summed E-state index contributed by atoms with van der Waals surface area (Å²) in [6.45, 7) is 0.565. The SMILES string of the molecule is COc1ccc(C2CCCN2C(=O)c2ccc([N+](=O)[O-])c(O)c2)cc1OC. The van der Waals surface area contributed by atoms with Gasteiger partial charge >= 0.3 is 5.69 Å². The van der Waals surface area contributed by atoms with Gasteiger partial charge in [0.05, 0.1) is 25.2 Å². The van der Waals surface area contributed by atoms with Crippen molar-refractivity contribution in [3.63, 3.8) is 0 Å². The summed E-state index contributed by atoms with van der Waals surface area (Å²) in [6.07, 6.45) is 1.63. The minimum Gasteiger partial charge on any atom is -0.502 e. The first-order valence-electron chi connectivity index (χ1n) is 8.46. The smallest absolute Gasteiger partial charge is 0.310 e. The minimum atomic E-state index is -0.689. The molecule has 1 unspecified atom stereocenters. The van der Waals surface area contributed by atoms with E-state index in [2.05, 4.69) is 0 Å². The number of amides is 1. The highest BCUT2D eigenvalue weighted by Crippen LogP contribution is 2.38. The van der Waals surface area contributed by atoms with Gasteiger partial charge in [-0.15, -0.1) is 0 Å². The van der Waals surface area contributed by atoms with Crippen LogP contribution >= 0.6 is 0 Å². The molecule has 1 saturated heterocycles. The Labute approximate surface area is 156 Å². The molecule has 1 amide bonds. The summed E-state index contributed by atoms with van der Waals surface area (Å²) in [7, 11) is 3.11. The van der Waals surface area contributed by atoms with Gasteiger partial charge < -0.3 is 19.5 Å². The van der Waals surface area contributed by atoms with E-state index in [1.54, 1.807) is 25.2 Å². The van der Waals surface area contributed by atoms with E-state index >= 15 is 0 Å². The van der Waals surface area contributed by atoms with Gasteiger partial charge in [-0.1, -0.05) is 6.07 Å². The minimum absolute atomic E-state index is 0.144. The third kappa shape index (κ3) is 3.51. The van der Waals surface area contributed by atoms with E-state index in [1.807, 2.05) is 12.1 Å². The van der Waals surface area contributed by atoms with Crippen LogP contribution in [0, 0.1) is 10.1 Å². The Hall–Kier alpha value is -3.29. The van der Waals surface area contributed by atoms with Crippen LogP contribution in [0.1, 0.15) is 34.8 Å². The summed E-state index contributed by atoms with van der Waals surface area (Å²) in [5.74, 6) is 0.393. The lowest BCUT2D eigenvalue weighted by Crippen LogP contribution is -2.30. The van der Waals surface area contributed by atoms with Gasteiger partial charge in [0.15, 0.2) is 17.2 Å². The summed E-state index contributed by atoms with van der Waals surface area (Å²) in [5, 5.41) is 20.7. The molecule has 0 aliphatic carbocycles. The molecule has 8 heteroatoms. The standard InChI is InChI=1S/C19H20N2O6/c1-26-17-8-6-12(11-18(17)27-2)14-4-3-9-20(14)19(23)13-5-7-15(21(24)25)16(22)10-13/h5-8,10-11,14,22H,3-4,9H2,1-2H3. The second kappa shape index (κ2) is 7.53. The van der Waals surface area contributed by atoms with Gasteiger partial charge in [0.1, 0.15) is 0 Å². The molecule has 2 aromatic rings. The molecule has 2 aromatic carbocycles. The number of carbonyl (C=O) groups is 1. The first-order chi connectivity index (χ1) is 13.0. The highest BCUT2D eigenvalue weighted by Gasteiger charge is 2.32. The predicted octanol–water partition coefficient (Wildman–Crippen LogP) is 3.29. The quantitative estimate of drug-likeness (QED) is 0.638. The molecule has 3 rings (SSSR count). The number of hydrogen-bond donors (Lipinski definition) is 1. The normalized spacial score (nSPS) is 16.2. The van der Waals surface area contributed by atoms with Crippen molar-refractivity contribution in [1.29, 1.82) is 0 Å². The Morgan fingerprint density at radius 1 is 1.19 bits per heavy atom. The number of carbonyl (C=O) groups excluding carboxylic acids is 1. The van der Waals surface area contributed by atoms with Crippen LogP contribution < -0.4 is 9.47 Å². The fraction of sp³-hybridized carbons (Fsp3) is 0.316. The Bertz CT molecular complexity index is 882. The van der Waals surface area contributed by atoms with Crippen LogP contribution in [0.3, 0.4) is 0 Å². The molecule has 0 saturated carbocycles. The number of nitro groups is 1. The maximum absolute atomic E-state index is 12.9. The van der Waals surface area contributed by atoms with Crippen molar-refractivity contribution < 1.29 is 24.3 Å². The van der Waals surface area contributed by atoms with E-state index in [-0.39, 0.29) is 17.5 Å². The number of phenols is 1. The zero-order chi connectivity index (χ0) is 19.6. The average Bonchev–Trinajstić information content (AvgIpc) is 3.16. The molecular weight excluding hydrogens is 352 g/mol. The molecule has 1 N–H and O–H groups in total. The third-order valence-corrected chi connectivity index (χ3v) is 4.73. The van der Waals surface area contributed by atoms with E-state index in [0.29, 0.717) is 18.0 Å². The molecule has 0 radical (unpaired) electrons. The number of methoxy groups -OCH3 is 2. The maximum atomic E-state index is 12.9. The van der Waals surface area contributed by atoms with Crippen LogP contribution in [0.5, 0.6) is 17.2 Å². The first kappa shape index (κ1) is 18.5. The van der Waals surface area contributed by atoms with Crippen LogP contribution in [0.25, 0.3) is 0 Å². The Morgan fingerprint density at radius 2 is 1.93 bits per heavy atom. The second-order valence-corrected chi connectivity index (χ2v) is 6.23. The zero-order valence-corrected chi connectivity index (χ0v) is 15.0. The fourth-order valence-corrected chi connectivity index (χ4v) is 3.39. The molecule has 1 heterocycles. The second-order valence-electron chi connectivity index (χ2n) is 6.23. The van der Waals surface area contributed by atoms with Crippen molar-refractivity contribution >= 4 is 11.6 Å². The molecule has 142 valence electrons. The molecule has 1 atom stereocenters. The number of benzene rings is 2. The van der Waals surface area contributed by atoms with E-state index in [0.717, 1.165) is 30.5 Å². The predicted molar refractivity (Wildman–Crippen MR) is 97.3 cm³/mol. The molecule has 1 aliphatic rings. The van der Waals surface area contributed by atoms with Crippen LogP contribution in [0.4, 0.5) is 5.69 Å². The van der Waals surface area contributed by atoms with Gasteiger partial charge in [0, 0.05) is 18.2 Å². The zero-order valence-electron chi connectivity index (χ0n) is 15.0. The molecular formula is C19H20N2O6. The van der Waals surface area contributed by atoms with Crippen LogP contribution in [-0.2, 0) is 0 Å². The topological polar surface area (TPSA) is 102 Å². The summed E-state index contributed by atoms with van der Waals surface area (Å²) < 4.78 is 10.6. The average molecular weight is 372 g/mol. The number of rotatable bonds is 5. The first-order valence-corrected chi connectivity index (χ1v) is 8.46. The van der Waals surface area contributed by atoms with Crippen molar-refractivity contribution in [2.45, 2.75) is 18.9 Å². The van der Waals surface area contributed by atoms with Crippen molar-refractivity contribution in [3.05, 3.63) is 57.6 Å². The largest absolute Gasteiger partial charge is 0.502 e. The van der Waals surface area contributed by atoms with Gasteiger partial charge in [-0.2, -0.15) is 0 Å². The van der Waals surface area contributed by atoms with Crippen LogP contribution in [0.2, 0.25) is 0 Å². The van der Waals surface area contributed by atoms with E-state index < -0.39 is 16.4 Å². The molecule has 8 nitrogen and oxygen atoms in total. The molecule has 1 fully saturated rings. The molecule has 0 bridgehead atoms. The number of hydrogen-bond acceptors (Lipinski definition) is 6. The maximum Gasteiger partial charge on any atom is 0.310 e. The summed E-state index contributed by atoms with van der Waals surface area (Å²) in [5.41, 5.74) is 0.708. The van der Waals surface area contributed by atoms with Gasteiger partial charge in [-0.3, -0.25) is 14.9 Å². The lowest BCUT2D eigenvalue weighted by atomic mass is 10.0. The number of nitro benzene ring substituents is 1. The summed E-state index contributed by atoms with van der Waals surface area (Å²) >= 11 is 0. The van der Waals surface area contributed by atoms with Crippen molar-refractivity contribution in [3.8, 4) is 17.2 Å². The molecule has 0 spiro atoms. The summed E-state index contributed by atoms with van der Waals surface area (Å²) in [6, 6.07) is 9.05. The molecule has 0 aromatic heterocycles. The summed E-state index contributed by atoms with van der Waals surface area (Å²) in [4.78, 5) is 24.8. The number of ether oxygens (including phenoxy) is 2. The van der Waals surface area contributed by atoms with Crippen molar-refractivity contribution in [2.24, 2.45) is 0 Å². The van der Waals surface area contributed by atoms with E-state index in [9.17, 15) is 20.0 Å². The highest BCUT2D eigenvalue weighted by molar-refractivity contribution is 5.95. The highest BCUT2D eigenvalue weighted by atomic mass is 16.6. The number of likely N-dealkylation sites (tertiary alicyclic amines) is 1. The Kier molecular flexibility index (Phi) is 5.16. The van der Waals surface area contributed by atoms with Crippen molar-refractivity contribution in [2.75, 3.05) is 20.8 Å². The Balaban J connectivity index is 1.89. The lowest BCUT2D eigenvalue weighted by molar-refractivity contribution is -0.385. The fourth-order valence-electron chi connectivity index (χ4n) is 3.39. The molecule has 1 aliphatic heterocycles. The third-order valence-electron chi connectivity index (χ3n) is 4.73. The van der Waals surface area contributed by atoms with Gasteiger partial charge in [0.25, 0.3) is 5.91 Å². The van der Waals surface area contributed by atoms with E-state index in [1.165, 1.54) is 6.07 Å². The number of phenolic OH excluding ortho intramolecular Hbond substituents is 1. The van der Waals surface area contributed by atoms with Gasteiger partial charge in [-0.05, 0) is 42.7 Å². The van der Waals surface area contributed by atoms with Crippen LogP contribution in [-0.4, -0.2) is 41.6 Å². The monoisotopic (exact) mass is 372 g/mol. The van der Waals surface area contributed by atoms with Crippen LogP contribution in [0.15, 0.2) is 36.4 Å².